The first-order valence-corrected chi connectivity index (χ1v) is 6.51. The van der Waals surface area contributed by atoms with Crippen molar-refractivity contribution in [3.05, 3.63) is 46.8 Å². The number of hydrogen-bond acceptors (Lipinski definition) is 2. The van der Waals surface area contributed by atoms with E-state index in [4.69, 9.17) is 0 Å². The van der Waals surface area contributed by atoms with E-state index in [-0.39, 0.29) is 0 Å². The molecule has 3 nitrogen and oxygen atoms in total. The molecule has 3 heteroatoms. The number of nitrogens with zero attached hydrogens (tertiary/aromatic N) is 2. The molecule has 0 bridgehead atoms. The summed E-state index contributed by atoms with van der Waals surface area (Å²) < 4.78 is 1.94. The zero-order valence-electron chi connectivity index (χ0n) is 11.2. The van der Waals surface area contributed by atoms with Gasteiger partial charge in [-0.3, -0.25) is 4.68 Å². The van der Waals surface area contributed by atoms with Crippen LogP contribution in [0.5, 0.6) is 0 Å². The lowest BCUT2D eigenvalue weighted by molar-refractivity contribution is 0.729. The van der Waals surface area contributed by atoms with Crippen molar-refractivity contribution < 1.29 is 0 Å². The molecule has 0 amide bonds. The fourth-order valence-electron chi connectivity index (χ4n) is 2.86. The Balaban J connectivity index is 1.91. The van der Waals surface area contributed by atoms with E-state index in [1.807, 2.05) is 11.7 Å². The molecule has 18 heavy (non-hydrogen) atoms. The van der Waals surface area contributed by atoms with Gasteiger partial charge in [0.25, 0.3) is 0 Å². The molecule has 0 spiro atoms. The number of rotatable bonds is 2. The summed E-state index contributed by atoms with van der Waals surface area (Å²) >= 11 is 0. The van der Waals surface area contributed by atoms with E-state index in [1.54, 1.807) is 0 Å². The Morgan fingerprint density at radius 1 is 1.28 bits per heavy atom. The van der Waals surface area contributed by atoms with E-state index in [1.165, 1.54) is 35.3 Å². The molecular formula is C15H19N3. The van der Waals surface area contributed by atoms with Crippen LogP contribution < -0.4 is 5.32 Å². The monoisotopic (exact) mass is 241 g/mol. The second kappa shape index (κ2) is 4.16. The average molecular weight is 241 g/mol. The van der Waals surface area contributed by atoms with Crippen LogP contribution in [0.2, 0.25) is 0 Å². The fourth-order valence-corrected chi connectivity index (χ4v) is 2.86. The molecule has 0 aliphatic heterocycles. The van der Waals surface area contributed by atoms with Crippen LogP contribution in [0.25, 0.3) is 0 Å². The first-order chi connectivity index (χ1) is 8.66. The van der Waals surface area contributed by atoms with Gasteiger partial charge in [0.15, 0.2) is 0 Å². The molecule has 1 atom stereocenters. The third-order valence-corrected chi connectivity index (χ3v) is 3.96. The third-order valence-electron chi connectivity index (χ3n) is 3.96. The van der Waals surface area contributed by atoms with Crippen LogP contribution in [0.1, 0.15) is 35.0 Å². The molecule has 1 aromatic heterocycles. The van der Waals surface area contributed by atoms with Gasteiger partial charge in [0.05, 0.1) is 23.1 Å². The predicted octanol–water partition coefficient (Wildman–Crippen LogP) is 3.14. The van der Waals surface area contributed by atoms with Gasteiger partial charge in [0, 0.05) is 7.05 Å². The molecule has 94 valence electrons. The van der Waals surface area contributed by atoms with Gasteiger partial charge in [-0.1, -0.05) is 24.3 Å². The van der Waals surface area contributed by atoms with Gasteiger partial charge in [-0.05, 0) is 37.8 Å². The zero-order chi connectivity index (χ0) is 12.7. The largest absolute Gasteiger partial charge is 0.375 e. The highest BCUT2D eigenvalue weighted by atomic mass is 15.3. The highest BCUT2D eigenvalue weighted by Gasteiger charge is 2.23. The number of anilines is 1. The summed E-state index contributed by atoms with van der Waals surface area (Å²) in [6.07, 6.45) is 2.35. The molecular weight excluding hydrogens is 222 g/mol. The van der Waals surface area contributed by atoms with E-state index >= 15 is 0 Å². The van der Waals surface area contributed by atoms with Crippen LogP contribution in [0.3, 0.4) is 0 Å². The first-order valence-electron chi connectivity index (χ1n) is 6.51. The topological polar surface area (TPSA) is 29.9 Å². The number of aryl methyl sites for hydroxylation is 3. The minimum Gasteiger partial charge on any atom is -0.375 e. The molecule has 0 fully saturated rings. The maximum atomic E-state index is 4.46. The van der Waals surface area contributed by atoms with Gasteiger partial charge >= 0.3 is 0 Å². The Hall–Kier alpha value is -1.77. The molecule has 0 saturated heterocycles. The number of fused-ring (bicyclic) bond motifs is 1. The SMILES string of the molecule is Cc1nn(C)c(C)c1NC1CCc2ccccc21. The average Bonchev–Trinajstić information content (AvgIpc) is 2.87. The zero-order valence-corrected chi connectivity index (χ0v) is 11.2. The molecule has 0 radical (unpaired) electrons. The van der Waals surface area contributed by atoms with E-state index < -0.39 is 0 Å². The van der Waals surface area contributed by atoms with Crippen molar-refractivity contribution in [2.75, 3.05) is 5.32 Å². The smallest absolute Gasteiger partial charge is 0.0828 e. The lowest BCUT2D eigenvalue weighted by Crippen LogP contribution is -2.08. The number of benzene rings is 1. The second-order valence-corrected chi connectivity index (χ2v) is 5.10. The quantitative estimate of drug-likeness (QED) is 0.875. The molecule has 3 rings (SSSR count). The molecule has 1 heterocycles. The van der Waals surface area contributed by atoms with Crippen LogP contribution in [0.4, 0.5) is 5.69 Å². The van der Waals surface area contributed by atoms with Gasteiger partial charge in [0.1, 0.15) is 0 Å². The van der Waals surface area contributed by atoms with Crippen molar-refractivity contribution in [2.45, 2.75) is 32.7 Å². The summed E-state index contributed by atoms with van der Waals surface area (Å²) in [6, 6.07) is 9.16. The lowest BCUT2D eigenvalue weighted by atomic mass is 10.1. The van der Waals surface area contributed by atoms with Gasteiger partial charge in [0.2, 0.25) is 0 Å². The summed E-state index contributed by atoms with van der Waals surface area (Å²) in [4.78, 5) is 0. The Bertz CT molecular complexity index is 583. The van der Waals surface area contributed by atoms with Crippen molar-refractivity contribution >= 4 is 5.69 Å². The number of aromatic nitrogens is 2. The highest BCUT2D eigenvalue weighted by Crippen LogP contribution is 2.35. The van der Waals surface area contributed by atoms with Gasteiger partial charge in [-0.25, -0.2) is 0 Å². The Morgan fingerprint density at radius 3 is 2.78 bits per heavy atom. The lowest BCUT2D eigenvalue weighted by Gasteiger charge is -2.15. The van der Waals surface area contributed by atoms with E-state index in [0.717, 1.165) is 5.69 Å². The molecule has 2 aromatic rings. The maximum absolute atomic E-state index is 4.46. The fraction of sp³-hybridized carbons (Fsp3) is 0.400. The van der Waals surface area contributed by atoms with E-state index in [9.17, 15) is 0 Å². The molecule has 1 N–H and O–H groups in total. The van der Waals surface area contributed by atoms with Crippen molar-refractivity contribution in [1.29, 1.82) is 0 Å². The van der Waals surface area contributed by atoms with E-state index in [0.29, 0.717) is 6.04 Å². The van der Waals surface area contributed by atoms with Crippen LogP contribution in [-0.4, -0.2) is 9.78 Å². The van der Waals surface area contributed by atoms with Gasteiger partial charge < -0.3 is 5.32 Å². The van der Waals surface area contributed by atoms with Crippen LogP contribution in [0, 0.1) is 13.8 Å². The molecule has 1 unspecified atom stereocenters. The summed E-state index contributed by atoms with van der Waals surface area (Å²) in [6.45, 7) is 4.18. The standard InChI is InChI=1S/C15H19N3/c1-10-15(11(2)18(3)17-10)16-14-9-8-12-6-4-5-7-13(12)14/h4-7,14,16H,8-9H2,1-3H3. The molecule has 1 aliphatic carbocycles. The highest BCUT2D eigenvalue weighted by molar-refractivity contribution is 5.55. The Labute approximate surface area is 108 Å². The van der Waals surface area contributed by atoms with Crippen LogP contribution >= 0.6 is 0 Å². The Morgan fingerprint density at radius 2 is 2.06 bits per heavy atom. The summed E-state index contributed by atoms with van der Waals surface area (Å²) in [5, 5.41) is 8.13. The van der Waals surface area contributed by atoms with E-state index in [2.05, 4.69) is 48.5 Å². The van der Waals surface area contributed by atoms with Crippen LogP contribution in [-0.2, 0) is 13.5 Å². The third kappa shape index (κ3) is 1.70. The predicted molar refractivity (Wildman–Crippen MR) is 73.8 cm³/mol. The molecule has 1 aliphatic rings. The minimum atomic E-state index is 0.433. The molecule has 1 aromatic carbocycles. The van der Waals surface area contributed by atoms with Crippen molar-refractivity contribution in [3.63, 3.8) is 0 Å². The van der Waals surface area contributed by atoms with Crippen molar-refractivity contribution in [1.82, 2.24) is 9.78 Å². The van der Waals surface area contributed by atoms with Gasteiger partial charge in [-0.15, -0.1) is 0 Å². The van der Waals surface area contributed by atoms with Gasteiger partial charge in [-0.2, -0.15) is 5.10 Å². The first kappa shape index (κ1) is 11.3. The van der Waals surface area contributed by atoms with Crippen molar-refractivity contribution in [3.8, 4) is 0 Å². The number of hydrogen-bond donors (Lipinski definition) is 1. The summed E-state index contributed by atoms with van der Waals surface area (Å²) in [7, 11) is 2.00. The summed E-state index contributed by atoms with van der Waals surface area (Å²) in [5.41, 5.74) is 6.41. The second-order valence-electron chi connectivity index (χ2n) is 5.10. The maximum Gasteiger partial charge on any atom is 0.0828 e. The summed E-state index contributed by atoms with van der Waals surface area (Å²) in [5.74, 6) is 0. The Kier molecular flexibility index (Phi) is 2.62. The van der Waals surface area contributed by atoms with Crippen molar-refractivity contribution in [2.24, 2.45) is 7.05 Å². The normalized spacial score (nSPS) is 17.8. The van der Waals surface area contributed by atoms with Crippen LogP contribution in [0.15, 0.2) is 24.3 Å². The molecule has 0 saturated carbocycles. The number of nitrogens with one attached hydrogen (secondary N) is 1. The minimum absolute atomic E-state index is 0.433.